The van der Waals surface area contributed by atoms with Crippen LogP contribution in [0.1, 0.15) is 24.5 Å². The molecular weight excluding hydrogens is 348 g/mol. The summed E-state index contributed by atoms with van der Waals surface area (Å²) in [5, 5.41) is 9.95. The SMILES string of the molecule is COc1ccc([C@H]2OC[C@H]3[C@@H]2CO[C@@H]3C2CC=C(O)C(OC)C2)cc1OC. The normalized spacial score (nSPS) is 35.6. The van der Waals surface area contributed by atoms with Gasteiger partial charge < -0.3 is 28.8 Å². The summed E-state index contributed by atoms with van der Waals surface area (Å²) in [4.78, 5) is 0. The Morgan fingerprint density at radius 1 is 1.00 bits per heavy atom. The summed E-state index contributed by atoms with van der Waals surface area (Å²) in [6.07, 6.45) is 3.40. The van der Waals surface area contributed by atoms with Crippen molar-refractivity contribution < 1.29 is 28.8 Å². The Morgan fingerprint density at radius 3 is 2.52 bits per heavy atom. The van der Waals surface area contributed by atoms with Crippen LogP contribution in [0.4, 0.5) is 0 Å². The maximum atomic E-state index is 9.95. The molecule has 1 N–H and O–H groups in total. The van der Waals surface area contributed by atoms with Crippen molar-refractivity contribution in [1.82, 2.24) is 0 Å². The molecule has 4 rings (SSSR count). The summed E-state index contributed by atoms with van der Waals surface area (Å²) in [6.45, 7) is 1.39. The second-order valence-corrected chi connectivity index (χ2v) is 7.58. The third-order valence-corrected chi connectivity index (χ3v) is 6.27. The van der Waals surface area contributed by atoms with Crippen molar-refractivity contribution in [2.24, 2.45) is 17.8 Å². The molecule has 0 amide bonds. The Balaban J connectivity index is 1.49. The van der Waals surface area contributed by atoms with Crippen molar-refractivity contribution in [1.29, 1.82) is 0 Å². The van der Waals surface area contributed by atoms with Crippen molar-refractivity contribution in [3.63, 3.8) is 0 Å². The van der Waals surface area contributed by atoms with Gasteiger partial charge in [0.1, 0.15) is 11.9 Å². The minimum atomic E-state index is -0.227. The van der Waals surface area contributed by atoms with E-state index in [1.165, 1.54) is 0 Å². The van der Waals surface area contributed by atoms with Crippen LogP contribution < -0.4 is 9.47 Å². The molecule has 2 heterocycles. The number of hydrogen-bond acceptors (Lipinski definition) is 6. The highest BCUT2D eigenvalue weighted by atomic mass is 16.5. The fraction of sp³-hybridized carbons (Fsp3) is 0.619. The lowest BCUT2D eigenvalue weighted by Gasteiger charge is -2.31. The first-order valence-corrected chi connectivity index (χ1v) is 9.53. The quantitative estimate of drug-likeness (QED) is 0.851. The summed E-state index contributed by atoms with van der Waals surface area (Å²) < 4.78 is 28.6. The van der Waals surface area contributed by atoms with E-state index in [0.29, 0.717) is 42.5 Å². The lowest BCUT2D eigenvalue weighted by Crippen LogP contribution is -2.34. The largest absolute Gasteiger partial charge is 0.510 e. The first-order chi connectivity index (χ1) is 13.2. The number of methoxy groups -OCH3 is 3. The molecule has 0 bridgehead atoms. The molecule has 2 fully saturated rings. The summed E-state index contributed by atoms with van der Waals surface area (Å²) >= 11 is 0. The average Bonchev–Trinajstić information content (AvgIpc) is 3.30. The molecule has 148 valence electrons. The number of hydrogen-bond donors (Lipinski definition) is 1. The molecule has 2 aliphatic heterocycles. The Morgan fingerprint density at radius 2 is 1.78 bits per heavy atom. The van der Waals surface area contributed by atoms with E-state index in [-0.39, 0.29) is 18.3 Å². The van der Waals surface area contributed by atoms with Crippen LogP contribution in [-0.4, -0.2) is 51.9 Å². The van der Waals surface area contributed by atoms with E-state index >= 15 is 0 Å². The first-order valence-electron chi connectivity index (χ1n) is 9.53. The topological polar surface area (TPSA) is 66.4 Å². The number of rotatable bonds is 5. The zero-order valence-corrected chi connectivity index (χ0v) is 16.1. The van der Waals surface area contributed by atoms with Gasteiger partial charge in [-0.3, -0.25) is 0 Å². The third kappa shape index (κ3) is 3.30. The zero-order chi connectivity index (χ0) is 19.0. The van der Waals surface area contributed by atoms with E-state index in [0.717, 1.165) is 24.2 Å². The van der Waals surface area contributed by atoms with E-state index in [2.05, 4.69) is 0 Å². The third-order valence-electron chi connectivity index (χ3n) is 6.27. The Bertz CT molecular complexity index is 702. The standard InChI is InChI=1S/C21H28O6/c1-23-17-7-5-13(9-19(17)25-3)21-15-11-26-20(14(15)10-27-21)12-4-6-16(22)18(8-12)24-2/h5-7,9,12,14-15,18,20-22H,4,8,10-11H2,1-3H3/t12?,14-,15-,18?,20+,21+/m0/s1. The van der Waals surface area contributed by atoms with Gasteiger partial charge in [0.2, 0.25) is 0 Å². The Kier molecular flexibility index (Phi) is 5.30. The monoisotopic (exact) mass is 376 g/mol. The molecule has 6 nitrogen and oxygen atoms in total. The predicted octanol–water partition coefficient (Wildman–Crippen LogP) is 3.27. The minimum Gasteiger partial charge on any atom is -0.510 e. The van der Waals surface area contributed by atoms with Gasteiger partial charge in [0, 0.05) is 18.9 Å². The molecule has 6 heteroatoms. The van der Waals surface area contributed by atoms with Crippen molar-refractivity contribution in [2.75, 3.05) is 34.5 Å². The Labute approximate surface area is 160 Å². The van der Waals surface area contributed by atoms with Gasteiger partial charge >= 0.3 is 0 Å². The lowest BCUT2D eigenvalue weighted by atomic mass is 9.78. The van der Waals surface area contributed by atoms with E-state index in [9.17, 15) is 5.11 Å². The molecule has 27 heavy (non-hydrogen) atoms. The lowest BCUT2D eigenvalue weighted by molar-refractivity contribution is -0.0239. The summed E-state index contributed by atoms with van der Waals surface area (Å²) in [7, 11) is 4.92. The minimum absolute atomic E-state index is 0.00515. The molecule has 2 unspecified atom stereocenters. The second kappa shape index (κ2) is 7.70. The van der Waals surface area contributed by atoms with Crippen molar-refractivity contribution in [3.05, 3.63) is 35.6 Å². The Hall–Kier alpha value is -1.76. The molecular formula is C21H28O6. The van der Waals surface area contributed by atoms with E-state index in [1.807, 2.05) is 24.3 Å². The van der Waals surface area contributed by atoms with Gasteiger partial charge in [0.05, 0.1) is 39.6 Å². The highest BCUT2D eigenvalue weighted by Crippen LogP contribution is 2.49. The molecule has 0 spiro atoms. The summed E-state index contributed by atoms with van der Waals surface area (Å²) in [6, 6.07) is 5.97. The molecule has 0 saturated carbocycles. The fourth-order valence-electron chi connectivity index (χ4n) is 4.82. The van der Waals surface area contributed by atoms with Crippen LogP contribution in [0.15, 0.2) is 30.0 Å². The average molecular weight is 376 g/mol. The van der Waals surface area contributed by atoms with Crippen LogP contribution in [0.5, 0.6) is 11.5 Å². The molecule has 2 saturated heterocycles. The number of benzene rings is 1. The highest BCUT2D eigenvalue weighted by molar-refractivity contribution is 5.44. The van der Waals surface area contributed by atoms with Crippen molar-refractivity contribution in [3.8, 4) is 11.5 Å². The van der Waals surface area contributed by atoms with Gasteiger partial charge in [0.25, 0.3) is 0 Å². The van der Waals surface area contributed by atoms with Gasteiger partial charge in [-0.2, -0.15) is 0 Å². The van der Waals surface area contributed by atoms with Crippen molar-refractivity contribution >= 4 is 0 Å². The van der Waals surface area contributed by atoms with Gasteiger partial charge in [-0.1, -0.05) is 6.07 Å². The van der Waals surface area contributed by atoms with Crippen LogP contribution in [0.2, 0.25) is 0 Å². The van der Waals surface area contributed by atoms with E-state index in [1.54, 1.807) is 21.3 Å². The number of allylic oxidation sites excluding steroid dienone is 1. The second-order valence-electron chi connectivity index (χ2n) is 7.58. The van der Waals surface area contributed by atoms with Gasteiger partial charge in [0.15, 0.2) is 11.5 Å². The molecule has 1 aromatic rings. The van der Waals surface area contributed by atoms with Crippen LogP contribution >= 0.6 is 0 Å². The summed E-state index contributed by atoms with van der Waals surface area (Å²) in [5.41, 5.74) is 1.10. The van der Waals surface area contributed by atoms with Crippen LogP contribution in [-0.2, 0) is 14.2 Å². The molecule has 1 aromatic carbocycles. The molecule has 1 aliphatic carbocycles. The van der Waals surface area contributed by atoms with Gasteiger partial charge in [-0.05, 0) is 42.5 Å². The maximum absolute atomic E-state index is 9.95. The fourth-order valence-corrected chi connectivity index (χ4v) is 4.82. The van der Waals surface area contributed by atoms with Crippen LogP contribution in [0.3, 0.4) is 0 Å². The molecule has 6 atom stereocenters. The number of ether oxygens (including phenoxy) is 5. The van der Waals surface area contributed by atoms with Crippen molar-refractivity contribution in [2.45, 2.75) is 31.2 Å². The van der Waals surface area contributed by atoms with Gasteiger partial charge in [-0.25, -0.2) is 0 Å². The molecule has 3 aliphatic rings. The molecule has 0 radical (unpaired) electrons. The van der Waals surface area contributed by atoms with Crippen LogP contribution in [0.25, 0.3) is 0 Å². The number of aliphatic hydroxyl groups excluding tert-OH is 1. The predicted molar refractivity (Wildman–Crippen MR) is 99.2 cm³/mol. The van der Waals surface area contributed by atoms with Gasteiger partial charge in [-0.15, -0.1) is 0 Å². The van der Waals surface area contributed by atoms with E-state index < -0.39 is 0 Å². The maximum Gasteiger partial charge on any atom is 0.161 e. The highest BCUT2D eigenvalue weighted by Gasteiger charge is 2.50. The number of fused-ring (bicyclic) bond motifs is 1. The summed E-state index contributed by atoms with van der Waals surface area (Å²) in [5.74, 6) is 2.81. The van der Waals surface area contributed by atoms with Crippen LogP contribution in [0, 0.1) is 17.8 Å². The first kappa shape index (κ1) is 18.6. The van der Waals surface area contributed by atoms with E-state index in [4.69, 9.17) is 23.7 Å². The number of aliphatic hydroxyl groups is 1. The molecule has 0 aromatic heterocycles. The smallest absolute Gasteiger partial charge is 0.161 e. The zero-order valence-electron chi connectivity index (χ0n) is 16.1.